The summed E-state index contributed by atoms with van der Waals surface area (Å²) in [5, 5.41) is 0. The first kappa shape index (κ1) is 20.5. The number of benzene rings is 1. The molecular weight excluding hydrogens is 408 g/mol. The number of nitrogens with zero attached hydrogens (tertiary/aromatic N) is 2. The topological polar surface area (TPSA) is 68.3 Å². The highest BCUT2D eigenvalue weighted by Gasteiger charge is 2.83. The van der Waals surface area contributed by atoms with Gasteiger partial charge in [-0.1, -0.05) is 12.1 Å². The number of amides is 1. The number of para-hydroxylation sites is 1. The molecule has 1 aromatic rings. The second-order valence-corrected chi connectivity index (χ2v) is 10.3. The molecular formula is C25H32N2O5. The Bertz CT molecular complexity index is 1010. The number of ether oxygens (including phenoxy) is 3. The fourth-order valence-corrected chi connectivity index (χ4v) is 9.19. The van der Waals surface area contributed by atoms with Crippen molar-refractivity contribution in [3.05, 3.63) is 23.8 Å². The monoisotopic (exact) mass is 440 g/mol. The molecule has 7 rings (SSSR count). The molecule has 2 saturated heterocycles. The van der Waals surface area contributed by atoms with E-state index < -0.39 is 11.5 Å². The van der Waals surface area contributed by atoms with Gasteiger partial charge in [-0.2, -0.15) is 0 Å². The maximum atomic E-state index is 13.5. The van der Waals surface area contributed by atoms with Crippen LogP contribution in [0.15, 0.2) is 18.2 Å². The van der Waals surface area contributed by atoms with Crippen LogP contribution in [0.25, 0.3) is 0 Å². The van der Waals surface area contributed by atoms with E-state index in [1.165, 1.54) is 7.11 Å². The molecule has 32 heavy (non-hydrogen) atoms. The molecule has 7 heteroatoms. The fraction of sp³-hybridized carbons (Fsp3) is 0.680. The Labute approximate surface area is 189 Å². The minimum Gasteiger partial charge on any atom is -0.495 e. The Balaban J connectivity index is 1.71. The zero-order chi connectivity index (χ0) is 22.5. The molecule has 7 nitrogen and oxygen atoms in total. The molecule has 0 radical (unpaired) electrons. The number of anilines is 1. The SMILES string of the molecule is COC(=O)C1CC23CCC14N(C(C)=O)c1c(OC)cccc1C41CCN(CCC2OC)C31. The van der Waals surface area contributed by atoms with Crippen molar-refractivity contribution in [2.75, 3.05) is 39.3 Å². The molecule has 0 aromatic heterocycles. The van der Waals surface area contributed by atoms with E-state index in [0.29, 0.717) is 12.2 Å². The molecule has 3 aliphatic heterocycles. The number of esters is 1. The van der Waals surface area contributed by atoms with E-state index in [0.717, 1.165) is 50.0 Å². The Kier molecular flexibility index (Phi) is 4.14. The maximum Gasteiger partial charge on any atom is 0.311 e. The highest BCUT2D eigenvalue weighted by atomic mass is 16.5. The first-order valence-corrected chi connectivity index (χ1v) is 11.8. The van der Waals surface area contributed by atoms with E-state index in [-0.39, 0.29) is 34.9 Å². The maximum absolute atomic E-state index is 13.5. The standard InChI is InChI=1S/C25H32N2O5/c1-15(28)27-20-16(6-5-7-18(20)30-2)24-11-13-26-12-8-19(31-3)23(22(24)26)9-10-25(24,27)17(14-23)21(29)32-4/h5-7,17,19,22H,8-14H2,1-4H3. The van der Waals surface area contributed by atoms with Crippen molar-refractivity contribution in [1.82, 2.24) is 4.90 Å². The Morgan fingerprint density at radius 3 is 2.59 bits per heavy atom. The largest absolute Gasteiger partial charge is 0.495 e. The number of hydrogen-bond acceptors (Lipinski definition) is 6. The lowest BCUT2D eigenvalue weighted by Crippen LogP contribution is -2.81. The van der Waals surface area contributed by atoms with Crippen molar-refractivity contribution in [1.29, 1.82) is 0 Å². The van der Waals surface area contributed by atoms with Crippen LogP contribution < -0.4 is 9.64 Å². The first-order chi connectivity index (χ1) is 15.4. The summed E-state index contributed by atoms with van der Waals surface area (Å²) in [5.41, 5.74) is 0.913. The quantitative estimate of drug-likeness (QED) is 0.673. The molecule has 3 saturated carbocycles. The first-order valence-electron chi connectivity index (χ1n) is 11.8. The van der Waals surface area contributed by atoms with Crippen LogP contribution in [-0.2, 0) is 24.5 Å². The van der Waals surface area contributed by atoms with Crippen LogP contribution >= 0.6 is 0 Å². The predicted octanol–water partition coefficient (Wildman–Crippen LogP) is 2.50. The number of fused-ring (bicyclic) bond motifs is 3. The van der Waals surface area contributed by atoms with E-state index in [4.69, 9.17) is 14.2 Å². The summed E-state index contributed by atoms with van der Waals surface area (Å²) in [6.07, 6.45) is 4.42. The number of methoxy groups -OCH3 is 3. The molecule has 6 unspecified atom stereocenters. The zero-order valence-corrected chi connectivity index (χ0v) is 19.3. The van der Waals surface area contributed by atoms with Gasteiger partial charge in [0.1, 0.15) is 5.75 Å². The fourth-order valence-electron chi connectivity index (χ4n) is 9.19. The molecule has 1 amide bonds. The van der Waals surface area contributed by atoms with Gasteiger partial charge in [-0.05, 0) is 50.3 Å². The number of piperidine rings is 1. The summed E-state index contributed by atoms with van der Waals surface area (Å²) in [6.45, 7) is 3.59. The average Bonchev–Trinajstić information content (AvgIpc) is 3.34. The van der Waals surface area contributed by atoms with Crippen LogP contribution in [0, 0.1) is 11.3 Å². The van der Waals surface area contributed by atoms with Crippen LogP contribution in [-0.4, -0.2) is 68.9 Å². The molecule has 172 valence electrons. The third-order valence-electron chi connectivity index (χ3n) is 9.80. The number of rotatable bonds is 3. The van der Waals surface area contributed by atoms with Gasteiger partial charge in [-0.15, -0.1) is 0 Å². The van der Waals surface area contributed by atoms with Crippen molar-refractivity contribution in [2.45, 2.75) is 62.1 Å². The summed E-state index contributed by atoms with van der Waals surface area (Å²) < 4.78 is 17.3. The van der Waals surface area contributed by atoms with Crippen LogP contribution in [0.2, 0.25) is 0 Å². The average molecular weight is 441 g/mol. The van der Waals surface area contributed by atoms with Crippen molar-refractivity contribution in [3.8, 4) is 5.75 Å². The van der Waals surface area contributed by atoms with Gasteiger partial charge in [0, 0.05) is 37.5 Å². The zero-order valence-electron chi connectivity index (χ0n) is 19.3. The van der Waals surface area contributed by atoms with Gasteiger partial charge >= 0.3 is 5.97 Å². The van der Waals surface area contributed by atoms with E-state index in [1.807, 2.05) is 24.1 Å². The lowest BCUT2D eigenvalue weighted by atomic mass is 9.38. The summed E-state index contributed by atoms with van der Waals surface area (Å²) >= 11 is 0. The minimum absolute atomic E-state index is 0.0338. The smallest absolute Gasteiger partial charge is 0.311 e. The summed E-state index contributed by atoms with van der Waals surface area (Å²) in [7, 11) is 4.94. The third kappa shape index (κ3) is 1.94. The molecule has 1 aromatic carbocycles. The van der Waals surface area contributed by atoms with Gasteiger partial charge in [0.05, 0.1) is 37.5 Å². The molecule has 3 spiro atoms. The van der Waals surface area contributed by atoms with Crippen LogP contribution in [0.4, 0.5) is 5.69 Å². The van der Waals surface area contributed by atoms with Crippen molar-refractivity contribution < 1.29 is 23.8 Å². The molecule has 6 aliphatic rings. The van der Waals surface area contributed by atoms with Crippen LogP contribution in [0.3, 0.4) is 0 Å². The van der Waals surface area contributed by atoms with Crippen molar-refractivity contribution in [3.63, 3.8) is 0 Å². The van der Waals surface area contributed by atoms with Crippen LogP contribution in [0.1, 0.15) is 44.6 Å². The van der Waals surface area contributed by atoms with Gasteiger partial charge < -0.3 is 19.1 Å². The Morgan fingerprint density at radius 2 is 1.91 bits per heavy atom. The number of carbonyl (C=O) groups excluding carboxylic acids is 2. The molecule has 5 fully saturated rings. The minimum atomic E-state index is -0.639. The number of carbonyl (C=O) groups is 2. The van der Waals surface area contributed by atoms with E-state index >= 15 is 0 Å². The summed E-state index contributed by atoms with van der Waals surface area (Å²) in [6, 6.07) is 6.37. The van der Waals surface area contributed by atoms with Gasteiger partial charge in [0.2, 0.25) is 5.91 Å². The molecule has 3 heterocycles. The molecule has 6 atom stereocenters. The summed E-state index contributed by atoms with van der Waals surface area (Å²) in [5.74, 6) is 0.0657. The number of hydrogen-bond donors (Lipinski definition) is 0. The van der Waals surface area contributed by atoms with Crippen LogP contribution in [0.5, 0.6) is 5.75 Å². The lowest BCUT2D eigenvalue weighted by Gasteiger charge is -2.71. The van der Waals surface area contributed by atoms with Gasteiger partial charge in [0.15, 0.2) is 0 Å². The second kappa shape index (κ2) is 6.48. The normalized spacial score (nSPS) is 41.1. The summed E-state index contributed by atoms with van der Waals surface area (Å²) in [4.78, 5) is 31.4. The Hall–Kier alpha value is -2.12. The third-order valence-corrected chi connectivity index (χ3v) is 9.80. The van der Waals surface area contributed by atoms with Gasteiger partial charge in [-0.3, -0.25) is 14.5 Å². The second-order valence-electron chi connectivity index (χ2n) is 10.3. The van der Waals surface area contributed by atoms with Gasteiger partial charge in [-0.25, -0.2) is 0 Å². The van der Waals surface area contributed by atoms with E-state index in [2.05, 4.69) is 11.0 Å². The van der Waals surface area contributed by atoms with Crippen molar-refractivity contribution >= 4 is 17.6 Å². The van der Waals surface area contributed by atoms with E-state index in [1.54, 1.807) is 14.0 Å². The Morgan fingerprint density at radius 1 is 1.09 bits per heavy atom. The van der Waals surface area contributed by atoms with E-state index in [9.17, 15) is 9.59 Å². The molecule has 3 aliphatic carbocycles. The van der Waals surface area contributed by atoms with Gasteiger partial charge in [0.25, 0.3) is 0 Å². The lowest BCUT2D eigenvalue weighted by molar-refractivity contribution is -0.205. The predicted molar refractivity (Wildman–Crippen MR) is 118 cm³/mol. The highest BCUT2D eigenvalue weighted by Crippen LogP contribution is 2.76. The molecule has 2 bridgehead atoms. The van der Waals surface area contributed by atoms with Crippen molar-refractivity contribution in [2.24, 2.45) is 11.3 Å². The molecule has 0 N–H and O–H groups in total. The highest BCUT2D eigenvalue weighted by molar-refractivity contribution is 6.01.